The minimum absolute atomic E-state index is 0.0824. The maximum Gasteiger partial charge on any atom is 0.223 e. The van der Waals surface area contributed by atoms with Gasteiger partial charge in [0.2, 0.25) is 5.95 Å². The van der Waals surface area contributed by atoms with Gasteiger partial charge in [0, 0.05) is 24.0 Å². The van der Waals surface area contributed by atoms with Crippen LogP contribution >= 0.6 is 0 Å². The third-order valence-electron chi connectivity index (χ3n) is 4.96. The predicted octanol–water partition coefficient (Wildman–Crippen LogP) is 2.37. The lowest BCUT2D eigenvalue weighted by Gasteiger charge is -2.13. The highest BCUT2D eigenvalue weighted by Gasteiger charge is 2.29. The van der Waals surface area contributed by atoms with Crippen molar-refractivity contribution in [1.29, 1.82) is 0 Å². The summed E-state index contributed by atoms with van der Waals surface area (Å²) < 4.78 is 29.1. The number of rotatable bonds is 5. The Labute approximate surface area is 168 Å². The predicted molar refractivity (Wildman–Crippen MR) is 108 cm³/mol. The van der Waals surface area contributed by atoms with Gasteiger partial charge in [-0.25, -0.2) is 18.4 Å². The van der Waals surface area contributed by atoms with E-state index in [2.05, 4.69) is 30.4 Å². The largest absolute Gasteiger partial charge is 0.356 e. The van der Waals surface area contributed by atoms with Crippen molar-refractivity contribution in [2.75, 3.05) is 16.8 Å². The fourth-order valence-electron chi connectivity index (χ4n) is 3.44. The van der Waals surface area contributed by atoms with Crippen molar-refractivity contribution in [3.63, 3.8) is 0 Å². The van der Waals surface area contributed by atoms with E-state index in [9.17, 15) is 8.42 Å². The van der Waals surface area contributed by atoms with Gasteiger partial charge in [-0.2, -0.15) is 0 Å². The summed E-state index contributed by atoms with van der Waals surface area (Å²) >= 11 is 0. The molecule has 4 heterocycles. The third-order valence-corrected chi connectivity index (χ3v) is 6.73. The maximum atomic E-state index is 11.7. The Hall–Kier alpha value is -2.88. The smallest absolute Gasteiger partial charge is 0.223 e. The molecule has 1 N–H and O–H groups in total. The first-order chi connectivity index (χ1) is 13.9. The molecule has 1 atom stereocenters. The Bertz CT molecular complexity index is 1140. The van der Waals surface area contributed by atoms with Gasteiger partial charge in [-0.1, -0.05) is 12.1 Å². The first-order valence-corrected chi connectivity index (χ1v) is 11.3. The van der Waals surface area contributed by atoms with E-state index in [4.69, 9.17) is 4.52 Å². The molecule has 4 rings (SSSR count). The summed E-state index contributed by atoms with van der Waals surface area (Å²) in [5.74, 6) is 1.22. The average Bonchev–Trinajstić information content (AvgIpc) is 3.23. The fraction of sp³-hybridized carbons (Fsp3) is 0.421. The van der Waals surface area contributed by atoms with Gasteiger partial charge >= 0.3 is 0 Å². The monoisotopic (exact) mass is 414 g/mol. The minimum atomic E-state index is -3.00. The molecule has 0 aliphatic carbocycles. The lowest BCUT2D eigenvalue weighted by molar-refractivity contribution is 0.426. The molecule has 29 heavy (non-hydrogen) atoms. The van der Waals surface area contributed by atoms with E-state index in [0.29, 0.717) is 35.1 Å². The van der Waals surface area contributed by atoms with Crippen LogP contribution in [0.4, 0.5) is 5.95 Å². The second-order valence-electron chi connectivity index (χ2n) is 7.17. The van der Waals surface area contributed by atoms with Gasteiger partial charge in [-0.05, 0) is 26.7 Å². The van der Waals surface area contributed by atoms with Crippen LogP contribution in [0.5, 0.6) is 0 Å². The molecule has 3 aromatic rings. The number of aromatic nitrogens is 5. The van der Waals surface area contributed by atoms with Gasteiger partial charge in [-0.3, -0.25) is 9.97 Å². The zero-order valence-corrected chi connectivity index (χ0v) is 17.3. The molecule has 0 radical (unpaired) electrons. The summed E-state index contributed by atoms with van der Waals surface area (Å²) in [5, 5.41) is 7.22. The zero-order chi connectivity index (χ0) is 20.6. The molecule has 1 unspecified atom stereocenters. The average molecular weight is 414 g/mol. The molecule has 1 fully saturated rings. The normalized spacial score (nSPS) is 18.1. The highest BCUT2D eigenvalue weighted by Crippen LogP contribution is 2.33. The van der Waals surface area contributed by atoms with Crippen molar-refractivity contribution >= 4 is 15.8 Å². The van der Waals surface area contributed by atoms with Crippen molar-refractivity contribution in [2.45, 2.75) is 39.7 Å². The molecule has 10 heteroatoms. The van der Waals surface area contributed by atoms with Crippen LogP contribution in [0, 0.1) is 13.8 Å². The van der Waals surface area contributed by atoms with Gasteiger partial charge in [-0.15, -0.1) is 0 Å². The first-order valence-electron chi connectivity index (χ1n) is 9.45. The summed E-state index contributed by atoms with van der Waals surface area (Å²) in [5.41, 5.74) is 4.40. The highest BCUT2D eigenvalue weighted by atomic mass is 32.2. The molecule has 1 aliphatic heterocycles. The lowest BCUT2D eigenvalue weighted by atomic mass is 10.0. The molecule has 0 amide bonds. The van der Waals surface area contributed by atoms with Crippen LogP contribution in [0.3, 0.4) is 0 Å². The van der Waals surface area contributed by atoms with Crippen molar-refractivity contribution in [2.24, 2.45) is 0 Å². The summed E-state index contributed by atoms with van der Waals surface area (Å²) in [6.45, 7) is 5.79. The van der Waals surface area contributed by atoms with E-state index < -0.39 is 9.84 Å². The summed E-state index contributed by atoms with van der Waals surface area (Å²) in [7, 11) is -3.00. The number of sulfone groups is 1. The molecule has 1 aliphatic rings. The zero-order valence-electron chi connectivity index (χ0n) is 16.5. The van der Waals surface area contributed by atoms with Crippen LogP contribution in [-0.2, 0) is 16.3 Å². The highest BCUT2D eigenvalue weighted by molar-refractivity contribution is 7.91. The number of anilines is 1. The SMILES string of the molecule is CCc1c(C)noc1-c1cnc(NC2CCS(=O)(=O)C2)nc1-c1cnc(C)cn1. The number of aryl methyl sites for hydroxylation is 2. The Balaban J connectivity index is 1.78. The topological polar surface area (TPSA) is 124 Å². The van der Waals surface area contributed by atoms with E-state index in [-0.39, 0.29) is 17.5 Å². The van der Waals surface area contributed by atoms with E-state index in [1.54, 1.807) is 18.6 Å². The Morgan fingerprint density at radius 3 is 2.66 bits per heavy atom. The van der Waals surface area contributed by atoms with Crippen LogP contribution in [0.1, 0.15) is 30.3 Å². The van der Waals surface area contributed by atoms with Crippen molar-refractivity contribution < 1.29 is 12.9 Å². The van der Waals surface area contributed by atoms with Gasteiger partial charge < -0.3 is 9.84 Å². The van der Waals surface area contributed by atoms with Crippen LogP contribution in [0.15, 0.2) is 23.1 Å². The van der Waals surface area contributed by atoms with Gasteiger partial charge in [0.25, 0.3) is 0 Å². The molecular weight excluding hydrogens is 392 g/mol. The molecule has 3 aromatic heterocycles. The quantitative estimate of drug-likeness (QED) is 0.670. The van der Waals surface area contributed by atoms with Crippen molar-refractivity contribution in [3.05, 3.63) is 35.5 Å². The Kier molecular flexibility index (Phi) is 5.03. The number of hydrogen-bond acceptors (Lipinski definition) is 9. The Morgan fingerprint density at radius 2 is 2.00 bits per heavy atom. The van der Waals surface area contributed by atoms with Crippen LogP contribution in [0.25, 0.3) is 22.7 Å². The summed E-state index contributed by atoms with van der Waals surface area (Å²) in [6, 6.07) is -0.207. The molecule has 0 aromatic carbocycles. The molecular formula is C19H22N6O3S. The molecule has 0 bridgehead atoms. The van der Waals surface area contributed by atoms with Crippen LogP contribution < -0.4 is 5.32 Å². The van der Waals surface area contributed by atoms with Gasteiger partial charge in [0.1, 0.15) is 11.4 Å². The molecule has 9 nitrogen and oxygen atoms in total. The number of hydrogen-bond donors (Lipinski definition) is 1. The first kappa shape index (κ1) is 19.4. The van der Waals surface area contributed by atoms with Crippen molar-refractivity contribution in [1.82, 2.24) is 25.1 Å². The molecule has 0 spiro atoms. The standard InChI is InChI=1S/C19H22N6O3S/c1-4-14-12(3)25-28-18(14)15-8-22-19(23-13-5-6-29(26,27)10-13)24-17(15)16-9-20-11(2)7-21-16/h7-9,13H,4-6,10H2,1-3H3,(H,22,23,24). The fourth-order valence-corrected chi connectivity index (χ4v) is 5.11. The molecule has 152 valence electrons. The van der Waals surface area contributed by atoms with Gasteiger partial charge in [0.15, 0.2) is 15.6 Å². The molecule has 1 saturated heterocycles. The Morgan fingerprint density at radius 1 is 1.17 bits per heavy atom. The van der Waals surface area contributed by atoms with E-state index in [1.165, 1.54) is 0 Å². The van der Waals surface area contributed by atoms with Crippen LogP contribution in [0.2, 0.25) is 0 Å². The van der Waals surface area contributed by atoms with E-state index in [0.717, 1.165) is 23.4 Å². The maximum absolute atomic E-state index is 11.7. The second kappa shape index (κ2) is 7.51. The van der Waals surface area contributed by atoms with Gasteiger partial charge in [0.05, 0.1) is 34.7 Å². The minimum Gasteiger partial charge on any atom is -0.356 e. The lowest BCUT2D eigenvalue weighted by Crippen LogP contribution is -2.22. The number of nitrogens with one attached hydrogen (secondary N) is 1. The van der Waals surface area contributed by atoms with Crippen molar-refractivity contribution in [3.8, 4) is 22.7 Å². The molecule has 0 saturated carbocycles. The van der Waals surface area contributed by atoms with E-state index >= 15 is 0 Å². The third kappa shape index (κ3) is 3.98. The summed E-state index contributed by atoms with van der Waals surface area (Å²) in [4.78, 5) is 17.8. The van der Waals surface area contributed by atoms with E-state index in [1.807, 2.05) is 20.8 Å². The summed E-state index contributed by atoms with van der Waals surface area (Å²) in [6.07, 6.45) is 6.27. The van der Waals surface area contributed by atoms with Crippen LogP contribution in [-0.4, -0.2) is 51.1 Å². The second-order valence-corrected chi connectivity index (χ2v) is 9.40. The number of nitrogens with zero attached hydrogens (tertiary/aromatic N) is 5.